The Labute approximate surface area is 142 Å². The number of ether oxygens (including phenoxy) is 1. The quantitative estimate of drug-likeness (QED) is 0.576. The molecule has 9 nitrogen and oxygen atoms in total. The molecule has 128 valence electrons. The van der Waals surface area contributed by atoms with E-state index >= 15 is 0 Å². The highest BCUT2D eigenvalue weighted by Crippen LogP contribution is 2.26. The van der Waals surface area contributed by atoms with Crippen molar-refractivity contribution in [3.63, 3.8) is 0 Å². The Morgan fingerprint density at radius 2 is 2.25 bits per heavy atom. The Kier molecular flexibility index (Phi) is 4.24. The van der Waals surface area contributed by atoms with Gasteiger partial charge in [0.15, 0.2) is 17.7 Å². The van der Waals surface area contributed by atoms with Gasteiger partial charge in [-0.05, 0) is 0 Å². The predicted molar refractivity (Wildman–Crippen MR) is 87.1 cm³/mol. The molecule has 0 aliphatic carbocycles. The van der Waals surface area contributed by atoms with E-state index in [-0.39, 0.29) is 24.3 Å². The maximum atomic E-state index is 12.4. The van der Waals surface area contributed by atoms with Crippen LogP contribution in [0.25, 0.3) is 0 Å². The number of pyridine rings is 1. The second kappa shape index (κ2) is 6.21. The van der Waals surface area contributed by atoms with Gasteiger partial charge in [0, 0.05) is 19.8 Å². The Hall–Kier alpha value is -2.46. The number of amides is 2. The molecule has 10 heteroatoms. The van der Waals surface area contributed by atoms with Gasteiger partial charge in [-0.3, -0.25) is 14.4 Å². The summed E-state index contributed by atoms with van der Waals surface area (Å²) in [5.74, 6) is -1.89. The van der Waals surface area contributed by atoms with Gasteiger partial charge in [0.05, 0.1) is 24.7 Å². The lowest BCUT2D eigenvalue weighted by molar-refractivity contribution is 0.00845. The molecule has 1 unspecified atom stereocenters. The van der Waals surface area contributed by atoms with Crippen LogP contribution in [0.15, 0.2) is 11.0 Å². The number of fused-ring (bicyclic) bond motifs is 2. The number of aromatic nitrogens is 1. The first-order valence-electron chi connectivity index (χ1n) is 7.31. The van der Waals surface area contributed by atoms with Gasteiger partial charge in [-0.25, -0.2) is 0 Å². The van der Waals surface area contributed by atoms with Crippen molar-refractivity contribution >= 4 is 29.0 Å². The minimum absolute atomic E-state index is 0.0606. The van der Waals surface area contributed by atoms with E-state index in [1.165, 1.54) is 15.7 Å². The summed E-state index contributed by atoms with van der Waals surface area (Å²) in [6.45, 7) is 1.10. The van der Waals surface area contributed by atoms with Gasteiger partial charge in [-0.2, -0.15) is 0 Å². The van der Waals surface area contributed by atoms with Crippen LogP contribution in [-0.4, -0.2) is 64.3 Å². The van der Waals surface area contributed by atoms with Crippen LogP contribution in [-0.2, 0) is 11.3 Å². The predicted octanol–water partition coefficient (Wildman–Crippen LogP) is -1.36. The van der Waals surface area contributed by atoms with Gasteiger partial charge >= 0.3 is 0 Å². The lowest BCUT2D eigenvalue weighted by Gasteiger charge is -2.31. The first kappa shape index (κ1) is 16.4. The number of thiocarbonyl (C=S) groups is 1. The molecule has 1 aromatic rings. The fourth-order valence-corrected chi connectivity index (χ4v) is 2.81. The number of rotatable bonds is 3. The molecule has 24 heavy (non-hydrogen) atoms. The zero-order chi connectivity index (χ0) is 17.4. The van der Waals surface area contributed by atoms with Crippen molar-refractivity contribution in [2.45, 2.75) is 12.8 Å². The van der Waals surface area contributed by atoms with E-state index < -0.39 is 29.2 Å². The van der Waals surface area contributed by atoms with Crippen LogP contribution in [0.1, 0.15) is 20.8 Å². The molecule has 2 aliphatic rings. The van der Waals surface area contributed by atoms with Crippen LogP contribution in [0, 0.1) is 0 Å². The minimum atomic E-state index is -0.888. The summed E-state index contributed by atoms with van der Waals surface area (Å²) in [5, 5.41) is 15.3. The molecular formula is C14H16N4O5S. The number of hydrogen-bond acceptors (Lipinski definition) is 6. The van der Waals surface area contributed by atoms with Crippen molar-refractivity contribution in [2.24, 2.45) is 0 Å². The van der Waals surface area contributed by atoms with Crippen LogP contribution >= 0.6 is 12.2 Å². The largest absolute Gasteiger partial charge is 0.503 e. The molecule has 1 saturated heterocycles. The van der Waals surface area contributed by atoms with Crippen molar-refractivity contribution in [2.75, 3.05) is 26.7 Å². The fraction of sp³-hybridized carbons (Fsp3) is 0.429. The van der Waals surface area contributed by atoms with Crippen molar-refractivity contribution in [1.29, 1.82) is 0 Å². The van der Waals surface area contributed by atoms with Crippen LogP contribution in [0.5, 0.6) is 5.75 Å². The van der Waals surface area contributed by atoms with Gasteiger partial charge in [0.25, 0.3) is 11.8 Å². The molecule has 1 aromatic heterocycles. The summed E-state index contributed by atoms with van der Waals surface area (Å²) in [7, 11) is 1.62. The van der Waals surface area contributed by atoms with E-state index in [1.807, 2.05) is 0 Å². The zero-order valence-corrected chi connectivity index (χ0v) is 13.7. The van der Waals surface area contributed by atoms with Crippen molar-refractivity contribution < 1.29 is 19.4 Å². The number of carbonyl (C=O) groups excluding carboxylic acids is 2. The van der Waals surface area contributed by atoms with E-state index in [9.17, 15) is 19.5 Å². The van der Waals surface area contributed by atoms with Crippen molar-refractivity contribution in [3.8, 4) is 5.75 Å². The zero-order valence-electron chi connectivity index (χ0n) is 12.9. The Morgan fingerprint density at radius 1 is 1.50 bits per heavy atom. The highest BCUT2D eigenvalue weighted by Gasteiger charge is 2.39. The van der Waals surface area contributed by atoms with Crippen LogP contribution < -0.4 is 16.1 Å². The standard InChI is InChI=1S/C14H16N4O5S/c1-15-8(24)4-16-13(21)7-5-17-6-9-18(2-3-23-9)14(22)10(17)12(20)11(7)19/h5,9,20H,2-4,6H2,1H3,(H,15,24)(H,16,21). The molecule has 1 atom stereocenters. The Balaban J connectivity index is 1.95. The molecule has 1 fully saturated rings. The molecule has 2 aliphatic heterocycles. The van der Waals surface area contributed by atoms with Crippen LogP contribution in [0.4, 0.5) is 0 Å². The lowest BCUT2D eigenvalue weighted by atomic mass is 10.1. The molecule has 3 heterocycles. The third-order valence-corrected chi connectivity index (χ3v) is 4.34. The van der Waals surface area contributed by atoms with Gasteiger partial charge in [0.1, 0.15) is 5.56 Å². The van der Waals surface area contributed by atoms with Crippen LogP contribution in [0.2, 0.25) is 0 Å². The Bertz CT molecular complexity index is 790. The van der Waals surface area contributed by atoms with Crippen molar-refractivity contribution in [1.82, 2.24) is 20.1 Å². The van der Waals surface area contributed by atoms with E-state index in [4.69, 9.17) is 17.0 Å². The molecule has 0 aromatic carbocycles. The number of likely N-dealkylation sites (N-methyl/N-ethyl adjacent to an activating group) is 1. The van der Waals surface area contributed by atoms with E-state index in [0.29, 0.717) is 18.1 Å². The molecule has 2 amide bonds. The molecule has 0 spiro atoms. The maximum Gasteiger partial charge on any atom is 0.276 e. The summed E-state index contributed by atoms with van der Waals surface area (Å²) in [6.07, 6.45) is 0.811. The SMILES string of the molecule is CNC(=S)CNC(=O)c1cn2c(c(O)c1=O)C(=O)N1CCOC1C2. The van der Waals surface area contributed by atoms with E-state index in [0.717, 1.165) is 0 Å². The smallest absolute Gasteiger partial charge is 0.276 e. The van der Waals surface area contributed by atoms with Crippen molar-refractivity contribution in [3.05, 3.63) is 27.7 Å². The monoisotopic (exact) mass is 352 g/mol. The number of aromatic hydroxyl groups is 1. The minimum Gasteiger partial charge on any atom is -0.503 e. The first-order valence-corrected chi connectivity index (χ1v) is 7.72. The topological polar surface area (TPSA) is 113 Å². The van der Waals surface area contributed by atoms with E-state index in [2.05, 4.69) is 10.6 Å². The summed E-state index contributed by atoms with van der Waals surface area (Å²) < 4.78 is 6.83. The van der Waals surface area contributed by atoms with Gasteiger partial charge in [-0.15, -0.1) is 0 Å². The molecule has 0 bridgehead atoms. The molecule has 0 saturated carbocycles. The summed E-state index contributed by atoms with van der Waals surface area (Å²) in [5.41, 5.74) is -1.26. The fourth-order valence-electron chi connectivity index (χ4n) is 2.73. The van der Waals surface area contributed by atoms with Gasteiger partial charge < -0.3 is 29.9 Å². The first-order chi connectivity index (χ1) is 11.4. The average Bonchev–Trinajstić information content (AvgIpc) is 3.04. The summed E-state index contributed by atoms with van der Waals surface area (Å²) in [6, 6.07) is 0. The number of hydrogen-bond donors (Lipinski definition) is 3. The molecule has 0 radical (unpaired) electrons. The number of carbonyl (C=O) groups is 2. The Morgan fingerprint density at radius 3 is 2.96 bits per heavy atom. The lowest BCUT2D eigenvalue weighted by Crippen LogP contribution is -2.46. The summed E-state index contributed by atoms with van der Waals surface area (Å²) >= 11 is 4.92. The third kappa shape index (κ3) is 2.63. The maximum absolute atomic E-state index is 12.4. The van der Waals surface area contributed by atoms with E-state index in [1.54, 1.807) is 7.05 Å². The van der Waals surface area contributed by atoms with Gasteiger partial charge in [-0.1, -0.05) is 12.2 Å². The molecular weight excluding hydrogens is 336 g/mol. The molecule has 3 N–H and O–H groups in total. The second-order valence-corrected chi connectivity index (χ2v) is 5.89. The summed E-state index contributed by atoms with van der Waals surface area (Å²) in [4.78, 5) is 38.7. The normalized spacial score (nSPS) is 18.8. The second-order valence-electron chi connectivity index (χ2n) is 5.40. The average molecular weight is 352 g/mol. The highest BCUT2D eigenvalue weighted by molar-refractivity contribution is 7.80. The number of nitrogens with one attached hydrogen (secondary N) is 2. The number of nitrogens with zero attached hydrogens (tertiary/aromatic N) is 2. The van der Waals surface area contributed by atoms with Crippen LogP contribution in [0.3, 0.4) is 0 Å². The molecule has 3 rings (SSSR count). The van der Waals surface area contributed by atoms with Gasteiger partial charge in [0.2, 0.25) is 5.43 Å². The third-order valence-electron chi connectivity index (χ3n) is 4.00. The highest BCUT2D eigenvalue weighted by atomic mass is 32.1.